The lowest BCUT2D eigenvalue weighted by molar-refractivity contribution is -0.183. The molecule has 0 radical (unpaired) electrons. The van der Waals surface area contributed by atoms with Gasteiger partial charge in [-0.15, -0.1) is 0 Å². The van der Waals surface area contributed by atoms with Gasteiger partial charge in [0.15, 0.2) is 5.75 Å². The van der Waals surface area contributed by atoms with Crippen LogP contribution in [0.5, 0.6) is 5.75 Å². The molecule has 1 aliphatic rings. The summed E-state index contributed by atoms with van der Waals surface area (Å²) < 4.78 is 45.7. The van der Waals surface area contributed by atoms with Gasteiger partial charge in [0.2, 0.25) is 0 Å². The summed E-state index contributed by atoms with van der Waals surface area (Å²) in [6.45, 7) is 4.24. The van der Waals surface area contributed by atoms with Gasteiger partial charge in [-0.1, -0.05) is 0 Å². The summed E-state index contributed by atoms with van der Waals surface area (Å²) in [5, 5.41) is 7.37. The van der Waals surface area contributed by atoms with Crippen molar-refractivity contribution in [1.82, 2.24) is 15.1 Å². The van der Waals surface area contributed by atoms with Crippen molar-refractivity contribution in [2.75, 3.05) is 13.7 Å². The van der Waals surface area contributed by atoms with Crippen LogP contribution >= 0.6 is 0 Å². The molecule has 1 saturated heterocycles. The van der Waals surface area contributed by atoms with Crippen molar-refractivity contribution in [3.63, 3.8) is 0 Å². The second-order valence-electron chi connectivity index (χ2n) is 5.41. The molecule has 7 heteroatoms. The highest BCUT2D eigenvalue weighted by Gasteiger charge is 2.43. The van der Waals surface area contributed by atoms with E-state index in [4.69, 9.17) is 4.74 Å². The summed E-state index contributed by atoms with van der Waals surface area (Å²) in [4.78, 5) is 0. The Labute approximate surface area is 116 Å². The van der Waals surface area contributed by atoms with E-state index in [1.807, 2.05) is 13.8 Å². The average molecular weight is 291 g/mol. The van der Waals surface area contributed by atoms with Gasteiger partial charge in [0.05, 0.1) is 31.0 Å². The monoisotopic (exact) mass is 291 g/mol. The standard InChI is InChI=1S/C13H20F3N3O/c1-8(2)19-12(11(20-3)7-18-19)10-6-9(4-5-17-10)13(14,15)16/h7-10,17H,4-6H2,1-3H3. The Hall–Kier alpha value is -1.24. The third-order valence-electron chi connectivity index (χ3n) is 3.70. The quantitative estimate of drug-likeness (QED) is 0.930. The molecular weight excluding hydrogens is 271 g/mol. The van der Waals surface area contributed by atoms with Gasteiger partial charge in [0, 0.05) is 6.04 Å². The number of halogens is 3. The lowest BCUT2D eigenvalue weighted by Gasteiger charge is -2.32. The molecule has 2 heterocycles. The highest BCUT2D eigenvalue weighted by Crippen LogP contribution is 2.40. The molecule has 0 aromatic carbocycles. The van der Waals surface area contributed by atoms with Crippen molar-refractivity contribution in [3.8, 4) is 5.75 Å². The zero-order valence-corrected chi connectivity index (χ0v) is 11.9. The summed E-state index contributed by atoms with van der Waals surface area (Å²) in [6, 6.07) is -0.308. The highest BCUT2D eigenvalue weighted by atomic mass is 19.4. The van der Waals surface area contributed by atoms with E-state index in [9.17, 15) is 13.2 Å². The topological polar surface area (TPSA) is 39.1 Å². The molecule has 0 bridgehead atoms. The van der Waals surface area contributed by atoms with Crippen LogP contribution in [-0.2, 0) is 0 Å². The summed E-state index contributed by atoms with van der Waals surface area (Å²) in [5.74, 6) is -0.729. The zero-order chi connectivity index (χ0) is 14.9. The van der Waals surface area contributed by atoms with E-state index in [1.54, 1.807) is 10.9 Å². The number of methoxy groups -OCH3 is 1. The zero-order valence-electron chi connectivity index (χ0n) is 11.9. The van der Waals surface area contributed by atoms with Crippen molar-refractivity contribution in [2.45, 2.75) is 44.9 Å². The van der Waals surface area contributed by atoms with Crippen LogP contribution in [0.4, 0.5) is 13.2 Å². The number of ether oxygens (including phenoxy) is 1. The van der Waals surface area contributed by atoms with Crippen LogP contribution in [0.15, 0.2) is 6.20 Å². The predicted molar refractivity (Wildman–Crippen MR) is 68.7 cm³/mol. The third-order valence-corrected chi connectivity index (χ3v) is 3.70. The Morgan fingerprint density at radius 1 is 1.45 bits per heavy atom. The number of hydrogen-bond acceptors (Lipinski definition) is 3. The maximum Gasteiger partial charge on any atom is 0.391 e. The minimum absolute atomic E-state index is 0.0261. The van der Waals surface area contributed by atoms with E-state index in [0.29, 0.717) is 18.0 Å². The van der Waals surface area contributed by atoms with Gasteiger partial charge in [-0.2, -0.15) is 18.3 Å². The normalized spacial score (nSPS) is 24.1. The first-order valence-corrected chi connectivity index (χ1v) is 6.76. The molecule has 20 heavy (non-hydrogen) atoms. The van der Waals surface area contributed by atoms with Gasteiger partial charge < -0.3 is 10.1 Å². The molecule has 0 amide bonds. The van der Waals surface area contributed by atoms with Gasteiger partial charge in [-0.3, -0.25) is 4.68 Å². The van der Waals surface area contributed by atoms with Crippen LogP contribution in [0.3, 0.4) is 0 Å². The van der Waals surface area contributed by atoms with Crippen molar-refractivity contribution in [1.29, 1.82) is 0 Å². The lowest BCUT2D eigenvalue weighted by Crippen LogP contribution is -2.39. The molecule has 0 aliphatic carbocycles. The number of nitrogens with zero attached hydrogens (tertiary/aromatic N) is 2. The second-order valence-corrected chi connectivity index (χ2v) is 5.41. The van der Waals surface area contributed by atoms with Gasteiger partial charge in [-0.05, 0) is 33.2 Å². The summed E-state index contributed by atoms with van der Waals surface area (Å²) in [7, 11) is 1.51. The number of nitrogens with one attached hydrogen (secondary N) is 1. The van der Waals surface area contributed by atoms with Crippen LogP contribution in [-0.4, -0.2) is 29.6 Å². The van der Waals surface area contributed by atoms with Crippen LogP contribution in [0.25, 0.3) is 0 Å². The van der Waals surface area contributed by atoms with E-state index in [2.05, 4.69) is 10.4 Å². The Morgan fingerprint density at radius 2 is 2.15 bits per heavy atom. The first-order chi connectivity index (χ1) is 9.34. The lowest BCUT2D eigenvalue weighted by atomic mass is 9.90. The van der Waals surface area contributed by atoms with Crippen molar-refractivity contribution < 1.29 is 17.9 Å². The molecule has 1 N–H and O–H groups in total. The average Bonchev–Trinajstić information content (AvgIpc) is 2.81. The molecule has 1 aromatic heterocycles. The SMILES string of the molecule is COc1cnn(C(C)C)c1C1CC(C(F)(F)F)CCN1. The second kappa shape index (κ2) is 5.63. The van der Waals surface area contributed by atoms with E-state index in [-0.39, 0.29) is 24.9 Å². The molecule has 1 aliphatic heterocycles. The molecule has 0 saturated carbocycles. The van der Waals surface area contributed by atoms with Crippen molar-refractivity contribution in [2.24, 2.45) is 5.92 Å². The van der Waals surface area contributed by atoms with Gasteiger partial charge in [-0.25, -0.2) is 0 Å². The van der Waals surface area contributed by atoms with Crippen molar-refractivity contribution in [3.05, 3.63) is 11.9 Å². The first kappa shape index (κ1) is 15.2. The molecular formula is C13H20F3N3O. The highest BCUT2D eigenvalue weighted by molar-refractivity contribution is 5.29. The van der Waals surface area contributed by atoms with Gasteiger partial charge in [0.25, 0.3) is 0 Å². The van der Waals surface area contributed by atoms with E-state index in [1.165, 1.54) is 7.11 Å². The molecule has 2 rings (SSSR count). The van der Waals surface area contributed by atoms with Gasteiger partial charge >= 0.3 is 6.18 Å². The fraction of sp³-hybridized carbons (Fsp3) is 0.769. The van der Waals surface area contributed by atoms with Crippen LogP contribution in [0.1, 0.15) is 44.5 Å². The molecule has 4 nitrogen and oxygen atoms in total. The molecule has 114 valence electrons. The number of rotatable bonds is 3. The Bertz CT molecular complexity index is 456. The molecule has 1 fully saturated rings. The fourth-order valence-electron chi connectivity index (χ4n) is 2.68. The molecule has 2 atom stereocenters. The Morgan fingerprint density at radius 3 is 2.70 bits per heavy atom. The van der Waals surface area contributed by atoms with Crippen LogP contribution in [0.2, 0.25) is 0 Å². The fourth-order valence-corrected chi connectivity index (χ4v) is 2.68. The summed E-state index contributed by atoms with van der Waals surface area (Å²) >= 11 is 0. The molecule has 1 aromatic rings. The van der Waals surface area contributed by atoms with Crippen LogP contribution < -0.4 is 10.1 Å². The number of alkyl halides is 3. The minimum atomic E-state index is -4.14. The van der Waals surface area contributed by atoms with E-state index in [0.717, 1.165) is 0 Å². The number of piperidine rings is 1. The first-order valence-electron chi connectivity index (χ1n) is 6.76. The van der Waals surface area contributed by atoms with Crippen LogP contribution in [0, 0.1) is 5.92 Å². The molecule has 2 unspecified atom stereocenters. The van der Waals surface area contributed by atoms with Gasteiger partial charge in [0.1, 0.15) is 0 Å². The van der Waals surface area contributed by atoms with E-state index >= 15 is 0 Å². The smallest absolute Gasteiger partial charge is 0.391 e. The third kappa shape index (κ3) is 2.92. The Balaban J connectivity index is 2.28. The largest absolute Gasteiger partial charge is 0.493 e. The van der Waals surface area contributed by atoms with E-state index < -0.39 is 12.1 Å². The Kier molecular flexibility index (Phi) is 4.27. The van der Waals surface area contributed by atoms with Crippen molar-refractivity contribution >= 4 is 0 Å². The summed E-state index contributed by atoms with van der Waals surface area (Å²) in [5.41, 5.74) is 0.705. The maximum absolute atomic E-state index is 12.9. The predicted octanol–water partition coefficient (Wildman–Crippen LogP) is 3.08. The minimum Gasteiger partial charge on any atom is -0.493 e. The number of aromatic nitrogens is 2. The number of hydrogen-bond donors (Lipinski definition) is 1. The summed E-state index contributed by atoms with van der Waals surface area (Å²) in [6.07, 6.45) is -2.43. The maximum atomic E-state index is 12.9. The molecule has 0 spiro atoms.